The molecule has 6 nitrogen and oxygen atoms in total. The van der Waals surface area contributed by atoms with Gasteiger partial charge in [-0.05, 0) is 6.42 Å². The van der Waals surface area contributed by atoms with Crippen LogP contribution in [0.5, 0.6) is 0 Å². The fraction of sp³-hybridized carbons (Fsp3) is 0.714. The van der Waals surface area contributed by atoms with Crippen LogP contribution in [0, 0.1) is 0 Å². The Labute approximate surface area is 76.5 Å². The first-order valence-corrected chi connectivity index (χ1v) is 4.03. The van der Waals surface area contributed by atoms with E-state index >= 15 is 0 Å². The molecule has 5 N–H and O–H groups in total. The van der Waals surface area contributed by atoms with E-state index in [1.807, 2.05) is 12.4 Å². The summed E-state index contributed by atoms with van der Waals surface area (Å²) in [5.74, 6) is -1.09. The highest BCUT2D eigenvalue weighted by atomic mass is 16.7. The van der Waals surface area contributed by atoms with Crippen LogP contribution in [-0.4, -0.2) is 24.5 Å². The lowest BCUT2D eigenvalue weighted by atomic mass is 10.2. The van der Waals surface area contributed by atoms with E-state index < -0.39 is 17.9 Å². The Morgan fingerprint density at radius 2 is 2.15 bits per heavy atom. The van der Waals surface area contributed by atoms with E-state index in [9.17, 15) is 9.59 Å². The third kappa shape index (κ3) is 6.06. The van der Waals surface area contributed by atoms with E-state index in [1.165, 1.54) is 0 Å². The van der Waals surface area contributed by atoms with Gasteiger partial charge in [-0.25, -0.2) is 5.48 Å². The first-order chi connectivity index (χ1) is 6.07. The van der Waals surface area contributed by atoms with Gasteiger partial charge in [-0.1, -0.05) is 13.3 Å². The summed E-state index contributed by atoms with van der Waals surface area (Å²) in [5, 5.41) is 0. The van der Waals surface area contributed by atoms with Crippen LogP contribution < -0.4 is 16.9 Å². The number of carbonyl (C=O) groups is 2. The van der Waals surface area contributed by atoms with Crippen LogP contribution in [0.3, 0.4) is 0 Å². The quantitative estimate of drug-likeness (QED) is 0.449. The summed E-state index contributed by atoms with van der Waals surface area (Å²) in [6.45, 7) is 1.57. The van der Waals surface area contributed by atoms with E-state index in [2.05, 4.69) is 4.84 Å². The highest BCUT2D eigenvalue weighted by Crippen LogP contribution is 1.92. The highest BCUT2D eigenvalue weighted by molar-refractivity contribution is 5.80. The molecule has 13 heavy (non-hydrogen) atoms. The summed E-state index contributed by atoms with van der Waals surface area (Å²) in [7, 11) is 0. The summed E-state index contributed by atoms with van der Waals surface area (Å²) in [4.78, 5) is 25.7. The summed E-state index contributed by atoms with van der Waals surface area (Å²) in [6, 6.07) is -0.599. The smallest absolute Gasteiger partial charge is 0.260 e. The lowest BCUT2D eigenvalue weighted by molar-refractivity contribution is -0.139. The highest BCUT2D eigenvalue weighted by Gasteiger charge is 2.11. The fourth-order valence-corrected chi connectivity index (χ4v) is 0.696. The van der Waals surface area contributed by atoms with Gasteiger partial charge in [-0.15, -0.1) is 0 Å². The van der Waals surface area contributed by atoms with Gasteiger partial charge >= 0.3 is 0 Å². The van der Waals surface area contributed by atoms with E-state index in [1.54, 1.807) is 0 Å². The van der Waals surface area contributed by atoms with Crippen molar-refractivity contribution in [1.29, 1.82) is 0 Å². The van der Waals surface area contributed by atoms with E-state index in [-0.39, 0.29) is 6.61 Å². The maximum atomic E-state index is 11.0. The van der Waals surface area contributed by atoms with Crippen LogP contribution in [-0.2, 0) is 14.4 Å². The molecule has 6 heteroatoms. The lowest BCUT2D eigenvalue weighted by Crippen LogP contribution is -2.41. The third-order valence-corrected chi connectivity index (χ3v) is 1.32. The minimum Gasteiger partial charge on any atom is -0.368 e. The normalized spacial score (nSPS) is 12.2. The van der Waals surface area contributed by atoms with Gasteiger partial charge in [0.1, 0.15) is 0 Å². The number of hydroxylamine groups is 1. The van der Waals surface area contributed by atoms with Crippen molar-refractivity contribution >= 4 is 11.8 Å². The number of nitrogens with one attached hydrogen (secondary N) is 1. The summed E-state index contributed by atoms with van der Waals surface area (Å²) in [5.41, 5.74) is 12.2. The second-order valence-corrected chi connectivity index (χ2v) is 2.62. The van der Waals surface area contributed by atoms with E-state index in [0.717, 1.165) is 6.42 Å². The molecule has 1 atom stereocenters. The molecule has 0 aromatic carbocycles. The maximum absolute atomic E-state index is 11.0. The molecule has 0 unspecified atom stereocenters. The molecule has 76 valence electrons. The largest absolute Gasteiger partial charge is 0.368 e. The zero-order valence-electron chi connectivity index (χ0n) is 7.58. The van der Waals surface area contributed by atoms with Crippen molar-refractivity contribution in [3.8, 4) is 0 Å². The molecule has 0 fully saturated rings. The Hall–Kier alpha value is -1.14. The Balaban J connectivity index is 3.55. The van der Waals surface area contributed by atoms with Crippen LogP contribution in [0.2, 0.25) is 0 Å². The number of amides is 2. The van der Waals surface area contributed by atoms with Gasteiger partial charge in [-0.2, -0.15) is 0 Å². The number of hydrogen-bond acceptors (Lipinski definition) is 4. The summed E-state index contributed by atoms with van der Waals surface area (Å²) in [6.07, 6.45) is 1.39. The van der Waals surface area contributed by atoms with Gasteiger partial charge < -0.3 is 11.5 Å². The standard InChI is InChI=1S/C7H15N3O3/c1-2-3-5(8)7(12)10-13-4-6(9)11/h5H,2-4,8H2,1H3,(H2,9,11)(H,10,12)/t5-/m0/s1. The average Bonchev–Trinajstić information content (AvgIpc) is 2.04. The number of rotatable bonds is 6. The second-order valence-electron chi connectivity index (χ2n) is 2.62. The Kier molecular flexibility index (Phi) is 5.82. The van der Waals surface area contributed by atoms with Gasteiger partial charge in [0.15, 0.2) is 6.61 Å². The van der Waals surface area contributed by atoms with Crippen LogP contribution in [0.15, 0.2) is 0 Å². The number of carbonyl (C=O) groups excluding carboxylic acids is 2. The molecular formula is C7H15N3O3. The van der Waals surface area contributed by atoms with Crippen molar-refractivity contribution in [3.63, 3.8) is 0 Å². The van der Waals surface area contributed by atoms with Gasteiger partial charge in [-0.3, -0.25) is 14.4 Å². The van der Waals surface area contributed by atoms with Crippen LogP contribution in [0.4, 0.5) is 0 Å². The molecule has 0 aromatic rings. The topological polar surface area (TPSA) is 107 Å². The minimum atomic E-state index is -0.649. The van der Waals surface area contributed by atoms with Crippen molar-refractivity contribution in [2.45, 2.75) is 25.8 Å². The molecule has 0 spiro atoms. The molecule has 0 heterocycles. The number of nitrogens with two attached hydrogens (primary N) is 2. The van der Waals surface area contributed by atoms with Gasteiger partial charge in [0.2, 0.25) is 5.91 Å². The predicted octanol–water partition coefficient (Wildman–Crippen LogP) is -1.35. The van der Waals surface area contributed by atoms with Crippen molar-refractivity contribution < 1.29 is 14.4 Å². The molecule has 0 aliphatic heterocycles. The molecule has 0 saturated carbocycles. The Bertz CT molecular complexity index is 184. The molecule has 0 rings (SSSR count). The Morgan fingerprint density at radius 3 is 2.62 bits per heavy atom. The molecule has 0 saturated heterocycles. The van der Waals surface area contributed by atoms with Crippen LogP contribution in [0.25, 0.3) is 0 Å². The average molecular weight is 189 g/mol. The number of primary amides is 1. The maximum Gasteiger partial charge on any atom is 0.260 e. The SMILES string of the molecule is CCC[C@H](N)C(=O)NOCC(N)=O. The van der Waals surface area contributed by atoms with Gasteiger partial charge in [0.05, 0.1) is 6.04 Å². The van der Waals surface area contributed by atoms with E-state index in [0.29, 0.717) is 6.42 Å². The molecular weight excluding hydrogens is 174 g/mol. The fourth-order valence-electron chi connectivity index (χ4n) is 0.696. The van der Waals surface area contributed by atoms with Crippen molar-refractivity contribution in [3.05, 3.63) is 0 Å². The Morgan fingerprint density at radius 1 is 1.54 bits per heavy atom. The lowest BCUT2D eigenvalue weighted by Gasteiger charge is -2.09. The molecule has 0 bridgehead atoms. The van der Waals surface area contributed by atoms with Gasteiger partial charge in [0.25, 0.3) is 5.91 Å². The molecule has 0 aliphatic rings. The monoisotopic (exact) mass is 189 g/mol. The van der Waals surface area contributed by atoms with Crippen molar-refractivity contribution in [1.82, 2.24) is 5.48 Å². The molecule has 0 aromatic heterocycles. The first-order valence-electron chi connectivity index (χ1n) is 4.03. The second kappa shape index (κ2) is 6.38. The number of hydrogen-bond donors (Lipinski definition) is 3. The minimum absolute atomic E-state index is 0.343. The summed E-state index contributed by atoms with van der Waals surface area (Å²) >= 11 is 0. The van der Waals surface area contributed by atoms with Crippen LogP contribution >= 0.6 is 0 Å². The van der Waals surface area contributed by atoms with Crippen LogP contribution in [0.1, 0.15) is 19.8 Å². The molecule has 2 amide bonds. The predicted molar refractivity (Wildman–Crippen MR) is 46.2 cm³/mol. The van der Waals surface area contributed by atoms with E-state index in [4.69, 9.17) is 11.5 Å². The summed E-state index contributed by atoms with van der Waals surface area (Å²) < 4.78 is 0. The van der Waals surface area contributed by atoms with Gasteiger partial charge in [0, 0.05) is 0 Å². The zero-order chi connectivity index (χ0) is 10.3. The molecule has 0 aliphatic carbocycles. The molecule has 0 radical (unpaired) electrons. The van der Waals surface area contributed by atoms with Crippen molar-refractivity contribution in [2.24, 2.45) is 11.5 Å². The third-order valence-electron chi connectivity index (χ3n) is 1.32. The zero-order valence-corrected chi connectivity index (χ0v) is 7.58. The first kappa shape index (κ1) is 11.9. The van der Waals surface area contributed by atoms with Crippen molar-refractivity contribution in [2.75, 3.05) is 6.61 Å².